The van der Waals surface area contributed by atoms with Crippen molar-refractivity contribution >= 4 is 0 Å². The monoisotopic (exact) mass is 218 g/mol. The van der Waals surface area contributed by atoms with Crippen LogP contribution in [0.15, 0.2) is 24.3 Å². The number of rotatable bonds is 4. The Labute approximate surface area is 93.5 Å². The lowest BCUT2D eigenvalue weighted by molar-refractivity contribution is 0.185. The maximum atomic E-state index is 9.23. The van der Waals surface area contributed by atoms with Crippen LogP contribution in [0.4, 0.5) is 0 Å². The first-order chi connectivity index (χ1) is 7.75. The molecule has 0 unspecified atom stereocenters. The molecule has 2 rings (SSSR count). The van der Waals surface area contributed by atoms with Crippen molar-refractivity contribution in [2.45, 2.75) is 25.9 Å². The van der Waals surface area contributed by atoms with Gasteiger partial charge in [-0.1, -0.05) is 18.2 Å². The minimum atomic E-state index is -0.270. The Balaban J connectivity index is 2.14. The molecule has 1 aromatic heterocycles. The number of H-pyrrole nitrogens is 1. The topological polar surface area (TPSA) is 74.7 Å². The molecule has 1 heterocycles. The standard InChI is InChI=1S/C11H14N4O/c1-8(16)5-6-9-3-2-4-10(7-9)11-12-14-15-13-11/h2-4,7-8,16H,5-6H2,1H3,(H,12,13,14,15)/t8-/m0/s1. The van der Waals surface area contributed by atoms with Crippen LogP contribution >= 0.6 is 0 Å². The molecule has 0 bridgehead atoms. The second-order valence-electron chi connectivity index (χ2n) is 3.82. The van der Waals surface area contributed by atoms with E-state index in [9.17, 15) is 5.11 Å². The number of hydrogen-bond donors (Lipinski definition) is 2. The maximum Gasteiger partial charge on any atom is 0.204 e. The average molecular weight is 218 g/mol. The van der Waals surface area contributed by atoms with Crippen molar-refractivity contribution in [2.75, 3.05) is 0 Å². The Hall–Kier alpha value is -1.75. The molecule has 5 heteroatoms. The van der Waals surface area contributed by atoms with Crippen molar-refractivity contribution in [1.82, 2.24) is 20.6 Å². The highest BCUT2D eigenvalue weighted by Gasteiger charge is 2.04. The summed E-state index contributed by atoms with van der Waals surface area (Å²) in [6.07, 6.45) is 1.34. The number of tetrazole rings is 1. The van der Waals surface area contributed by atoms with E-state index in [1.54, 1.807) is 6.92 Å². The molecule has 1 aromatic carbocycles. The highest BCUT2D eigenvalue weighted by molar-refractivity contribution is 5.54. The summed E-state index contributed by atoms with van der Waals surface area (Å²) in [5.41, 5.74) is 2.11. The smallest absolute Gasteiger partial charge is 0.204 e. The molecular formula is C11H14N4O. The number of aromatic nitrogens is 4. The van der Waals surface area contributed by atoms with Crippen molar-refractivity contribution < 1.29 is 5.11 Å². The van der Waals surface area contributed by atoms with E-state index < -0.39 is 0 Å². The molecule has 0 amide bonds. The summed E-state index contributed by atoms with van der Waals surface area (Å²) in [7, 11) is 0. The van der Waals surface area contributed by atoms with Crippen LogP contribution in [0.3, 0.4) is 0 Å². The van der Waals surface area contributed by atoms with Crippen LogP contribution in [0.1, 0.15) is 18.9 Å². The normalized spacial score (nSPS) is 12.6. The fourth-order valence-corrected chi connectivity index (χ4v) is 1.53. The first-order valence-electron chi connectivity index (χ1n) is 5.26. The molecule has 5 nitrogen and oxygen atoms in total. The Kier molecular flexibility index (Phi) is 3.26. The van der Waals surface area contributed by atoms with E-state index in [-0.39, 0.29) is 6.10 Å². The molecule has 84 valence electrons. The SMILES string of the molecule is C[C@H](O)CCc1cccc(-c2nn[nH]n2)c1. The van der Waals surface area contributed by atoms with Gasteiger partial charge in [-0.25, -0.2) is 0 Å². The van der Waals surface area contributed by atoms with Gasteiger partial charge in [0.15, 0.2) is 0 Å². The van der Waals surface area contributed by atoms with Gasteiger partial charge in [-0.05, 0) is 36.6 Å². The lowest BCUT2D eigenvalue weighted by Gasteiger charge is -2.04. The minimum absolute atomic E-state index is 0.270. The zero-order chi connectivity index (χ0) is 11.4. The van der Waals surface area contributed by atoms with Gasteiger partial charge in [0.1, 0.15) is 0 Å². The van der Waals surface area contributed by atoms with E-state index in [2.05, 4.69) is 20.6 Å². The number of nitrogens with one attached hydrogen (secondary N) is 1. The molecule has 0 aliphatic carbocycles. The van der Waals surface area contributed by atoms with Crippen LogP contribution in [0, 0.1) is 0 Å². The van der Waals surface area contributed by atoms with Gasteiger partial charge >= 0.3 is 0 Å². The highest BCUT2D eigenvalue weighted by Crippen LogP contribution is 2.16. The third kappa shape index (κ3) is 2.64. The molecule has 1 atom stereocenters. The van der Waals surface area contributed by atoms with Crippen molar-refractivity contribution in [1.29, 1.82) is 0 Å². The van der Waals surface area contributed by atoms with Gasteiger partial charge in [-0.2, -0.15) is 5.21 Å². The van der Waals surface area contributed by atoms with Crippen LogP contribution < -0.4 is 0 Å². The predicted octanol–water partition coefficient (Wildman–Crippen LogP) is 1.18. The number of hydrogen-bond acceptors (Lipinski definition) is 4. The summed E-state index contributed by atoms with van der Waals surface area (Å²) in [6.45, 7) is 1.79. The second kappa shape index (κ2) is 4.85. The molecule has 2 N–H and O–H groups in total. The van der Waals surface area contributed by atoms with Gasteiger partial charge in [0.05, 0.1) is 6.10 Å². The van der Waals surface area contributed by atoms with Crippen LogP contribution in [-0.4, -0.2) is 31.8 Å². The third-order valence-corrected chi connectivity index (χ3v) is 2.38. The number of aryl methyl sites for hydroxylation is 1. The van der Waals surface area contributed by atoms with E-state index in [1.807, 2.05) is 24.3 Å². The van der Waals surface area contributed by atoms with Gasteiger partial charge < -0.3 is 5.11 Å². The van der Waals surface area contributed by atoms with Gasteiger partial charge in [-0.3, -0.25) is 0 Å². The Bertz CT molecular complexity index is 439. The van der Waals surface area contributed by atoms with Crippen LogP contribution in [-0.2, 0) is 6.42 Å². The first kappa shape index (κ1) is 10.8. The molecular weight excluding hydrogens is 204 g/mol. The lowest BCUT2D eigenvalue weighted by atomic mass is 10.0. The largest absolute Gasteiger partial charge is 0.393 e. The lowest BCUT2D eigenvalue weighted by Crippen LogP contribution is -2.01. The van der Waals surface area contributed by atoms with Crippen molar-refractivity contribution in [3.8, 4) is 11.4 Å². The zero-order valence-corrected chi connectivity index (χ0v) is 9.09. The van der Waals surface area contributed by atoms with Gasteiger partial charge in [0.2, 0.25) is 5.82 Å². The minimum Gasteiger partial charge on any atom is -0.393 e. The second-order valence-corrected chi connectivity index (χ2v) is 3.82. The fraction of sp³-hybridized carbons (Fsp3) is 0.364. The molecule has 16 heavy (non-hydrogen) atoms. The molecule has 0 fully saturated rings. The number of aliphatic hydroxyl groups is 1. The van der Waals surface area contributed by atoms with E-state index in [4.69, 9.17) is 0 Å². The molecule has 0 radical (unpaired) electrons. The van der Waals surface area contributed by atoms with Crippen LogP contribution in [0.25, 0.3) is 11.4 Å². The van der Waals surface area contributed by atoms with Crippen molar-refractivity contribution in [3.05, 3.63) is 29.8 Å². The van der Waals surface area contributed by atoms with E-state index in [1.165, 1.54) is 5.56 Å². The average Bonchev–Trinajstić information content (AvgIpc) is 2.80. The summed E-state index contributed by atoms with van der Waals surface area (Å²) in [5.74, 6) is 0.596. The number of nitrogens with zero attached hydrogens (tertiary/aromatic N) is 3. The maximum absolute atomic E-state index is 9.23. The third-order valence-electron chi connectivity index (χ3n) is 2.38. The summed E-state index contributed by atoms with van der Waals surface area (Å²) in [6, 6.07) is 7.96. The number of aromatic amines is 1. The summed E-state index contributed by atoms with van der Waals surface area (Å²) in [5, 5.41) is 23.0. The molecule has 0 aliphatic heterocycles. The molecule has 0 aliphatic rings. The van der Waals surface area contributed by atoms with Gasteiger partial charge in [0, 0.05) is 5.56 Å². The first-order valence-corrected chi connectivity index (χ1v) is 5.26. The Morgan fingerprint density at radius 2 is 2.31 bits per heavy atom. The van der Waals surface area contributed by atoms with E-state index in [0.717, 1.165) is 18.4 Å². The van der Waals surface area contributed by atoms with Gasteiger partial charge in [-0.15, -0.1) is 10.2 Å². The Morgan fingerprint density at radius 1 is 1.44 bits per heavy atom. The summed E-state index contributed by atoms with van der Waals surface area (Å²) in [4.78, 5) is 0. The van der Waals surface area contributed by atoms with Crippen molar-refractivity contribution in [3.63, 3.8) is 0 Å². The molecule has 0 saturated heterocycles. The van der Waals surface area contributed by atoms with Crippen LogP contribution in [0.2, 0.25) is 0 Å². The predicted molar refractivity (Wildman–Crippen MR) is 59.6 cm³/mol. The number of benzene rings is 1. The fourth-order valence-electron chi connectivity index (χ4n) is 1.53. The molecule has 0 spiro atoms. The summed E-state index contributed by atoms with van der Waals surface area (Å²) >= 11 is 0. The van der Waals surface area contributed by atoms with Crippen LogP contribution in [0.5, 0.6) is 0 Å². The Morgan fingerprint density at radius 3 is 3.00 bits per heavy atom. The quantitative estimate of drug-likeness (QED) is 0.808. The molecule has 0 saturated carbocycles. The highest BCUT2D eigenvalue weighted by atomic mass is 16.3. The van der Waals surface area contributed by atoms with E-state index in [0.29, 0.717) is 5.82 Å². The summed E-state index contributed by atoms with van der Waals surface area (Å²) < 4.78 is 0. The molecule has 2 aromatic rings. The van der Waals surface area contributed by atoms with Gasteiger partial charge in [0.25, 0.3) is 0 Å². The zero-order valence-electron chi connectivity index (χ0n) is 9.09. The van der Waals surface area contributed by atoms with E-state index >= 15 is 0 Å². The van der Waals surface area contributed by atoms with Crippen molar-refractivity contribution in [2.24, 2.45) is 0 Å². The number of aliphatic hydroxyl groups excluding tert-OH is 1.